The minimum atomic E-state index is -0.933. The van der Waals surface area contributed by atoms with Crippen LogP contribution in [-0.4, -0.2) is 30.3 Å². The van der Waals surface area contributed by atoms with Crippen LogP contribution in [0, 0.1) is 5.92 Å². The van der Waals surface area contributed by atoms with Crippen LogP contribution in [0.2, 0.25) is 0 Å². The minimum absolute atomic E-state index is 0.138. The fourth-order valence-corrected chi connectivity index (χ4v) is 2.67. The molecule has 1 aromatic rings. The van der Waals surface area contributed by atoms with Gasteiger partial charge in [-0.3, -0.25) is 14.4 Å². The number of hydrogen-bond donors (Lipinski definition) is 3. The Morgan fingerprint density at radius 3 is 2.27 bits per heavy atom. The Bertz CT molecular complexity index is 768. The second kappa shape index (κ2) is 8.28. The van der Waals surface area contributed by atoms with E-state index in [1.165, 1.54) is 6.92 Å². The molecule has 26 heavy (non-hydrogen) atoms. The average molecular weight is 359 g/mol. The summed E-state index contributed by atoms with van der Waals surface area (Å²) in [6.45, 7) is 4.80. The molecule has 0 fully saturated rings. The largest absolute Gasteiger partial charge is 0.463 e. The highest BCUT2D eigenvalue weighted by molar-refractivity contribution is 6.06. The molecule has 138 valence electrons. The van der Waals surface area contributed by atoms with Gasteiger partial charge in [0.05, 0.1) is 18.1 Å². The molecule has 0 radical (unpaired) electrons. The third-order valence-corrected chi connectivity index (χ3v) is 3.75. The van der Waals surface area contributed by atoms with Crippen LogP contribution in [0.1, 0.15) is 27.2 Å². The molecule has 1 aliphatic rings. The van der Waals surface area contributed by atoms with Crippen LogP contribution in [0.5, 0.6) is 0 Å². The molecule has 0 saturated heterocycles. The van der Waals surface area contributed by atoms with E-state index in [-0.39, 0.29) is 30.4 Å². The molecular formula is C18H21N3O5. The number of ether oxygens (including phenoxy) is 1. The summed E-state index contributed by atoms with van der Waals surface area (Å²) in [6.07, 6.45) is -0.138. The van der Waals surface area contributed by atoms with Crippen LogP contribution >= 0.6 is 0 Å². The highest BCUT2D eigenvalue weighted by Crippen LogP contribution is 2.26. The first-order chi connectivity index (χ1) is 12.3. The summed E-state index contributed by atoms with van der Waals surface area (Å²) >= 11 is 0. The quantitative estimate of drug-likeness (QED) is 0.691. The van der Waals surface area contributed by atoms with Crippen LogP contribution in [0.3, 0.4) is 0 Å². The number of carbonyl (C=O) groups excluding carboxylic acids is 4. The normalized spacial score (nSPS) is 16.6. The first kappa shape index (κ1) is 19.2. The van der Waals surface area contributed by atoms with Gasteiger partial charge in [-0.25, -0.2) is 4.79 Å². The Morgan fingerprint density at radius 1 is 1.15 bits per heavy atom. The Kier molecular flexibility index (Phi) is 6.11. The van der Waals surface area contributed by atoms with Crippen molar-refractivity contribution in [3.05, 3.63) is 35.5 Å². The molecule has 0 saturated carbocycles. The van der Waals surface area contributed by atoms with Crippen LogP contribution in [0.25, 0.3) is 0 Å². The van der Waals surface area contributed by atoms with Crippen molar-refractivity contribution >= 4 is 35.1 Å². The van der Waals surface area contributed by atoms with Gasteiger partial charge in [0, 0.05) is 30.4 Å². The fraction of sp³-hybridized carbons (Fsp3) is 0.333. The summed E-state index contributed by atoms with van der Waals surface area (Å²) in [5.74, 6) is -2.56. The van der Waals surface area contributed by atoms with E-state index >= 15 is 0 Å². The Labute approximate surface area is 151 Å². The van der Waals surface area contributed by atoms with Gasteiger partial charge in [0.25, 0.3) is 0 Å². The van der Waals surface area contributed by atoms with Crippen LogP contribution in [-0.2, 0) is 23.9 Å². The average Bonchev–Trinajstić information content (AvgIpc) is 2.55. The molecular weight excluding hydrogens is 338 g/mol. The minimum Gasteiger partial charge on any atom is -0.463 e. The lowest BCUT2D eigenvalue weighted by Crippen LogP contribution is -2.40. The van der Waals surface area contributed by atoms with Gasteiger partial charge in [0.1, 0.15) is 0 Å². The molecule has 3 amide bonds. The van der Waals surface area contributed by atoms with E-state index in [1.807, 2.05) is 0 Å². The van der Waals surface area contributed by atoms with Gasteiger partial charge >= 0.3 is 5.97 Å². The lowest BCUT2D eigenvalue weighted by atomic mass is 9.89. The van der Waals surface area contributed by atoms with Crippen molar-refractivity contribution in [3.63, 3.8) is 0 Å². The first-order valence-corrected chi connectivity index (χ1v) is 8.18. The highest BCUT2D eigenvalue weighted by atomic mass is 16.5. The number of amides is 3. The second-order valence-electron chi connectivity index (χ2n) is 5.81. The molecule has 0 bridgehead atoms. The molecule has 8 heteroatoms. The summed E-state index contributed by atoms with van der Waals surface area (Å²) in [7, 11) is 0. The van der Waals surface area contributed by atoms with Crippen molar-refractivity contribution in [1.29, 1.82) is 0 Å². The van der Waals surface area contributed by atoms with E-state index in [2.05, 4.69) is 16.0 Å². The summed E-state index contributed by atoms with van der Waals surface area (Å²) in [6, 6.07) is 6.51. The van der Waals surface area contributed by atoms with E-state index in [0.29, 0.717) is 17.1 Å². The molecule has 0 aromatic heterocycles. The standard InChI is InChI=1S/C18H21N3O5/c1-4-26-18(25)16-10(2)19-15(23)9-14(16)17(24)21-13-7-5-12(6-8-13)20-11(3)22/h5-8,14H,4,9H2,1-3H3,(H,19,23)(H,20,22)(H,21,24)/t14-/m0/s1. The van der Waals surface area contributed by atoms with Gasteiger partial charge in [-0.05, 0) is 38.1 Å². The van der Waals surface area contributed by atoms with Crippen molar-refractivity contribution in [3.8, 4) is 0 Å². The number of allylic oxidation sites excluding steroid dienone is 1. The number of esters is 1. The highest BCUT2D eigenvalue weighted by Gasteiger charge is 2.36. The van der Waals surface area contributed by atoms with Gasteiger partial charge < -0.3 is 20.7 Å². The Balaban J connectivity index is 2.18. The molecule has 0 unspecified atom stereocenters. The number of hydrogen-bond acceptors (Lipinski definition) is 5. The lowest BCUT2D eigenvalue weighted by Gasteiger charge is -2.25. The van der Waals surface area contributed by atoms with E-state index in [1.54, 1.807) is 38.1 Å². The molecule has 2 rings (SSSR count). The van der Waals surface area contributed by atoms with Gasteiger partial charge in [-0.1, -0.05) is 0 Å². The summed E-state index contributed by atoms with van der Waals surface area (Å²) < 4.78 is 5.00. The SMILES string of the molecule is CCOC(=O)C1=C(C)NC(=O)C[C@@H]1C(=O)Nc1ccc(NC(C)=O)cc1. The maximum Gasteiger partial charge on any atom is 0.336 e. The fourth-order valence-electron chi connectivity index (χ4n) is 2.67. The molecule has 8 nitrogen and oxygen atoms in total. The summed E-state index contributed by atoms with van der Waals surface area (Å²) in [4.78, 5) is 47.6. The molecule has 0 aliphatic carbocycles. The number of rotatable bonds is 5. The van der Waals surface area contributed by atoms with Crippen LogP contribution < -0.4 is 16.0 Å². The van der Waals surface area contributed by atoms with Gasteiger partial charge in [-0.15, -0.1) is 0 Å². The van der Waals surface area contributed by atoms with Crippen molar-refractivity contribution < 1.29 is 23.9 Å². The molecule has 1 atom stereocenters. The smallest absolute Gasteiger partial charge is 0.336 e. The van der Waals surface area contributed by atoms with Crippen molar-refractivity contribution in [1.82, 2.24) is 5.32 Å². The Morgan fingerprint density at radius 2 is 1.73 bits per heavy atom. The maximum atomic E-state index is 12.6. The number of benzene rings is 1. The van der Waals surface area contributed by atoms with Gasteiger partial charge in [0.15, 0.2) is 0 Å². The first-order valence-electron chi connectivity index (χ1n) is 8.18. The van der Waals surface area contributed by atoms with Crippen LogP contribution in [0.4, 0.5) is 11.4 Å². The summed E-state index contributed by atoms with van der Waals surface area (Å²) in [5.41, 5.74) is 1.55. The zero-order valence-electron chi connectivity index (χ0n) is 14.8. The monoisotopic (exact) mass is 359 g/mol. The zero-order valence-corrected chi connectivity index (χ0v) is 14.8. The molecule has 1 aromatic carbocycles. The topological polar surface area (TPSA) is 114 Å². The number of carbonyl (C=O) groups is 4. The lowest BCUT2D eigenvalue weighted by molar-refractivity contribution is -0.141. The van der Waals surface area contributed by atoms with E-state index in [4.69, 9.17) is 4.74 Å². The summed E-state index contributed by atoms with van der Waals surface area (Å²) in [5, 5.41) is 7.87. The number of nitrogens with one attached hydrogen (secondary N) is 3. The van der Waals surface area contributed by atoms with Crippen molar-refractivity contribution in [2.75, 3.05) is 17.2 Å². The number of anilines is 2. The second-order valence-corrected chi connectivity index (χ2v) is 5.81. The maximum absolute atomic E-state index is 12.6. The Hall–Kier alpha value is -3.16. The molecule has 3 N–H and O–H groups in total. The van der Waals surface area contributed by atoms with E-state index in [0.717, 1.165) is 0 Å². The van der Waals surface area contributed by atoms with Gasteiger partial charge in [0.2, 0.25) is 17.7 Å². The van der Waals surface area contributed by atoms with Crippen molar-refractivity contribution in [2.45, 2.75) is 27.2 Å². The predicted octanol–water partition coefficient (Wildman–Crippen LogP) is 1.56. The third kappa shape index (κ3) is 4.69. The molecule has 0 spiro atoms. The predicted molar refractivity (Wildman–Crippen MR) is 95.0 cm³/mol. The van der Waals surface area contributed by atoms with E-state index < -0.39 is 17.8 Å². The zero-order chi connectivity index (χ0) is 19.3. The van der Waals surface area contributed by atoms with Crippen molar-refractivity contribution in [2.24, 2.45) is 5.92 Å². The van der Waals surface area contributed by atoms with E-state index in [9.17, 15) is 19.2 Å². The third-order valence-electron chi connectivity index (χ3n) is 3.75. The van der Waals surface area contributed by atoms with Gasteiger partial charge in [-0.2, -0.15) is 0 Å². The molecule has 1 heterocycles. The van der Waals surface area contributed by atoms with Crippen LogP contribution in [0.15, 0.2) is 35.5 Å². The molecule has 1 aliphatic heterocycles.